The number of benzene rings is 2. The van der Waals surface area contributed by atoms with Gasteiger partial charge in [0.15, 0.2) is 5.76 Å². The molecule has 2 heterocycles. The lowest BCUT2D eigenvalue weighted by molar-refractivity contribution is -0.118. The molecule has 1 aliphatic rings. The topological polar surface area (TPSA) is 77.8 Å². The van der Waals surface area contributed by atoms with Crippen LogP contribution in [0.1, 0.15) is 23.0 Å². The van der Waals surface area contributed by atoms with Crippen LogP contribution < -0.4 is 15.5 Å². The zero-order valence-corrected chi connectivity index (χ0v) is 18.9. The van der Waals surface area contributed by atoms with Crippen LogP contribution in [0, 0.1) is 0 Å². The Morgan fingerprint density at radius 1 is 0.939 bits per heavy atom. The van der Waals surface area contributed by atoms with Gasteiger partial charge in [-0.05, 0) is 48.5 Å². The fourth-order valence-corrected chi connectivity index (χ4v) is 4.00. The maximum absolute atomic E-state index is 13.1. The molecular formula is C26H30N4O3. The van der Waals surface area contributed by atoms with Gasteiger partial charge in [-0.15, -0.1) is 0 Å². The summed E-state index contributed by atoms with van der Waals surface area (Å²) in [4.78, 5) is 30.4. The molecule has 33 heavy (non-hydrogen) atoms. The molecular weight excluding hydrogens is 416 g/mol. The van der Waals surface area contributed by atoms with Crippen molar-refractivity contribution < 1.29 is 14.0 Å². The van der Waals surface area contributed by atoms with E-state index in [0.717, 1.165) is 44.0 Å². The fraction of sp³-hybridized carbons (Fsp3) is 0.308. The maximum atomic E-state index is 13.1. The molecule has 1 aromatic heterocycles. The van der Waals surface area contributed by atoms with E-state index in [-0.39, 0.29) is 11.7 Å². The van der Waals surface area contributed by atoms with Gasteiger partial charge in [-0.25, -0.2) is 0 Å². The van der Waals surface area contributed by atoms with Crippen LogP contribution in [-0.2, 0) is 11.2 Å². The molecule has 1 fully saturated rings. The number of nitrogens with one attached hydrogen (secondary N) is 2. The predicted molar refractivity (Wildman–Crippen MR) is 130 cm³/mol. The minimum atomic E-state index is -0.744. The number of piperazine rings is 1. The Labute approximate surface area is 194 Å². The van der Waals surface area contributed by atoms with Crippen molar-refractivity contribution in [3.8, 4) is 0 Å². The average molecular weight is 447 g/mol. The molecule has 3 aromatic rings. The normalized spacial score (nSPS) is 15.1. The van der Waals surface area contributed by atoms with Crippen molar-refractivity contribution in [3.63, 3.8) is 0 Å². The fourth-order valence-electron chi connectivity index (χ4n) is 4.00. The van der Waals surface area contributed by atoms with Crippen LogP contribution >= 0.6 is 0 Å². The molecule has 1 atom stereocenters. The molecule has 2 aromatic carbocycles. The highest BCUT2D eigenvalue weighted by Crippen LogP contribution is 2.20. The Kier molecular flexibility index (Phi) is 7.42. The maximum Gasteiger partial charge on any atom is 0.287 e. The summed E-state index contributed by atoms with van der Waals surface area (Å²) in [6.07, 6.45) is 1.81. The summed E-state index contributed by atoms with van der Waals surface area (Å²) < 4.78 is 5.18. The molecule has 0 unspecified atom stereocenters. The van der Waals surface area contributed by atoms with Crippen LogP contribution in [0.25, 0.3) is 0 Å². The first-order valence-corrected chi connectivity index (χ1v) is 11.4. The van der Waals surface area contributed by atoms with Crippen LogP contribution in [0.3, 0.4) is 0 Å². The van der Waals surface area contributed by atoms with Gasteiger partial charge >= 0.3 is 0 Å². The first kappa shape index (κ1) is 22.6. The standard InChI is InChI=1S/C26H30N4O3/c1-2-29-14-16-30(17-15-29)22-12-10-21(11-13-22)27-25(31)23(19-20-7-4-3-5-8-20)28-26(32)24-9-6-18-33-24/h3-13,18,23H,2,14-17,19H2,1H3,(H,27,31)(H,28,32)/t23-/m0/s1. The minimum absolute atomic E-state index is 0.174. The lowest BCUT2D eigenvalue weighted by Crippen LogP contribution is -2.46. The largest absolute Gasteiger partial charge is 0.459 e. The number of furan rings is 1. The molecule has 1 saturated heterocycles. The Balaban J connectivity index is 1.41. The van der Waals surface area contributed by atoms with Crippen LogP contribution in [0.2, 0.25) is 0 Å². The van der Waals surface area contributed by atoms with Crippen molar-refractivity contribution in [2.75, 3.05) is 42.9 Å². The minimum Gasteiger partial charge on any atom is -0.459 e. The highest BCUT2D eigenvalue weighted by molar-refractivity contribution is 6.00. The molecule has 0 bridgehead atoms. The molecule has 2 amide bonds. The van der Waals surface area contributed by atoms with E-state index in [9.17, 15) is 9.59 Å². The average Bonchev–Trinajstić information content (AvgIpc) is 3.40. The van der Waals surface area contributed by atoms with E-state index in [1.54, 1.807) is 12.1 Å². The molecule has 4 rings (SSSR count). The summed E-state index contributed by atoms with van der Waals surface area (Å²) >= 11 is 0. The van der Waals surface area contributed by atoms with Crippen molar-refractivity contribution in [1.29, 1.82) is 0 Å². The van der Waals surface area contributed by atoms with E-state index < -0.39 is 11.9 Å². The third-order valence-electron chi connectivity index (χ3n) is 5.97. The van der Waals surface area contributed by atoms with E-state index in [4.69, 9.17) is 4.42 Å². The third kappa shape index (κ3) is 6.02. The lowest BCUT2D eigenvalue weighted by Gasteiger charge is -2.35. The Bertz CT molecular complexity index is 1030. The van der Waals surface area contributed by atoms with Gasteiger partial charge in [0.05, 0.1) is 6.26 Å². The predicted octanol–water partition coefficient (Wildman–Crippen LogP) is 3.40. The summed E-state index contributed by atoms with van der Waals surface area (Å²) in [6, 6.07) is 20.0. The van der Waals surface area contributed by atoms with Gasteiger partial charge in [-0.3, -0.25) is 9.59 Å². The molecule has 0 saturated carbocycles. The molecule has 0 spiro atoms. The number of anilines is 2. The number of carbonyl (C=O) groups excluding carboxylic acids is 2. The highest BCUT2D eigenvalue weighted by Gasteiger charge is 2.23. The molecule has 1 aliphatic heterocycles. The first-order valence-electron chi connectivity index (χ1n) is 11.4. The van der Waals surface area contributed by atoms with E-state index in [1.165, 1.54) is 6.26 Å². The van der Waals surface area contributed by atoms with Gasteiger partial charge in [-0.1, -0.05) is 37.3 Å². The third-order valence-corrected chi connectivity index (χ3v) is 5.97. The number of likely N-dealkylation sites (N-methyl/N-ethyl adjacent to an activating group) is 1. The first-order chi connectivity index (χ1) is 16.1. The van der Waals surface area contributed by atoms with Gasteiger partial charge in [-0.2, -0.15) is 0 Å². The monoisotopic (exact) mass is 446 g/mol. The summed E-state index contributed by atoms with van der Waals surface area (Å²) in [5, 5.41) is 5.75. The number of nitrogens with zero attached hydrogens (tertiary/aromatic N) is 2. The number of hydrogen-bond acceptors (Lipinski definition) is 5. The molecule has 2 N–H and O–H groups in total. The molecule has 172 valence electrons. The quantitative estimate of drug-likeness (QED) is 0.555. The van der Waals surface area contributed by atoms with Crippen molar-refractivity contribution in [2.24, 2.45) is 0 Å². The van der Waals surface area contributed by atoms with Crippen molar-refractivity contribution in [1.82, 2.24) is 10.2 Å². The Morgan fingerprint density at radius 2 is 1.67 bits per heavy atom. The van der Waals surface area contributed by atoms with Crippen molar-refractivity contribution >= 4 is 23.2 Å². The van der Waals surface area contributed by atoms with Gasteiger partial charge in [0.1, 0.15) is 6.04 Å². The molecule has 0 aliphatic carbocycles. The van der Waals surface area contributed by atoms with Crippen LogP contribution in [0.4, 0.5) is 11.4 Å². The van der Waals surface area contributed by atoms with Crippen LogP contribution in [0.15, 0.2) is 77.4 Å². The van der Waals surface area contributed by atoms with E-state index in [2.05, 4.69) is 27.4 Å². The second-order valence-electron chi connectivity index (χ2n) is 8.15. The number of amides is 2. The van der Waals surface area contributed by atoms with Crippen molar-refractivity contribution in [3.05, 3.63) is 84.3 Å². The number of rotatable bonds is 8. The number of carbonyl (C=O) groups is 2. The summed E-state index contributed by atoms with van der Waals surface area (Å²) in [5.74, 6) is -0.519. The van der Waals surface area contributed by atoms with E-state index in [1.807, 2.05) is 54.6 Å². The van der Waals surface area contributed by atoms with E-state index >= 15 is 0 Å². The van der Waals surface area contributed by atoms with Gasteiger partial charge < -0.3 is 24.9 Å². The van der Waals surface area contributed by atoms with Gasteiger partial charge in [0, 0.05) is 44.0 Å². The van der Waals surface area contributed by atoms with Crippen molar-refractivity contribution in [2.45, 2.75) is 19.4 Å². The summed E-state index contributed by atoms with van der Waals surface area (Å²) in [6.45, 7) is 7.39. The second-order valence-corrected chi connectivity index (χ2v) is 8.15. The smallest absolute Gasteiger partial charge is 0.287 e. The van der Waals surface area contributed by atoms with E-state index in [0.29, 0.717) is 12.1 Å². The second kappa shape index (κ2) is 10.8. The zero-order valence-electron chi connectivity index (χ0n) is 18.9. The summed E-state index contributed by atoms with van der Waals surface area (Å²) in [5.41, 5.74) is 2.80. The van der Waals surface area contributed by atoms with Crippen LogP contribution in [0.5, 0.6) is 0 Å². The lowest BCUT2D eigenvalue weighted by atomic mass is 10.0. The SMILES string of the molecule is CCN1CCN(c2ccc(NC(=O)[C@H](Cc3ccccc3)NC(=O)c3ccco3)cc2)CC1. The Hall–Kier alpha value is -3.58. The molecule has 7 heteroatoms. The number of hydrogen-bond donors (Lipinski definition) is 2. The van der Waals surface area contributed by atoms with Gasteiger partial charge in [0.2, 0.25) is 5.91 Å². The summed E-state index contributed by atoms with van der Waals surface area (Å²) in [7, 11) is 0. The highest BCUT2D eigenvalue weighted by atomic mass is 16.3. The van der Waals surface area contributed by atoms with Gasteiger partial charge in [0.25, 0.3) is 5.91 Å². The molecule has 0 radical (unpaired) electrons. The zero-order chi connectivity index (χ0) is 23.0. The van der Waals surface area contributed by atoms with Crippen LogP contribution in [-0.4, -0.2) is 55.5 Å². The molecule has 7 nitrogen and oxygen atoms in total. The Morgan fingerprint density at radius 3 is 2.30 bits per heavy atom.